The van der Waals surface area contributed by atoms with E-state index < -0.39 is 0 Å². The fourth-order valence-electron chi connectivity index (χ4n) is 3.86. The molecule has 0 fully saturated rings. The van der Waals surface area contributed by atoms with Crippen LogP contribution in [-0.4, -0.2) is 0 Å². The minimum Gasteiger partial charge on any atom is -0.0564 e. The zero-order valence-electron chi connectivity index (χ0n) is 16.2. The van der Waals surface area contributed by atoms with Crippen LogP contribution in [0, 0.1) is 47.5 Å². The molecule has 127 valence electrons. The Bertz CT molecular complexity index is 732. The van der Waals surface area contributed by atoms with Gasteiger partial charge >= 0.3 is 0 Å². The van der Waals surface area contributed by atoms with Crippen molar-refractivity contribution in [3.63, 3.8) is 0 Å². The van der Waals surface area contributed by atoms with Gasteiger partial charge < -0.3 is 0 Å². The molecule has 3 rings (SSSR count). The molecule has 0 aliphatic heterocycles. The smallest absolute Gasteiger partial charge is 0.0564 e. The highest BCUT2D eigenvalue weighted by Gasteiger charge is 2.19. The largest absolute Gasteiger partial charge is 0.0629 e. The predicted octanol–water partition coefficient (Wildman–Crippen LogP) is 6.56. The second kappa shape index (κ2) is 6.88. The predicted molar refractivity (Wildman–Crippen MR) is 108 cm³/mol. The van der Waals surface area contributed by atoms with Crippen LogP contribution in [0.4, 0.5) is 0 Å². The van der Waals surface area contributed by atoms with Crippen LogP contribution in [0.3, 0.4) is 0 Å². The number of rotatable bonds is 3. The zero-order valence-corrected chi connectivity index (χ0v) is 16.2. The van der Waals surface area contributed by atoms with E-state index in [1.165, 1.54) is 56.0 Å². The highest BCUT2D eigenvalue weighted by atomic mass is 14.2. The second-order valence-electron chi connectivity index (χ2n) is 7.50. The van der Waals surface area contributed by atoms with Crippen molar-refractivity contribution in [2.75, 3.05) is 0 Å². The van der Waals surface area contributed by atoms with E-state index in [9.17, 15) is 0 Å². The second-order valence-corrected chi connectivity index (χ2v) is 7.50. The van der Waals surface area contributed by atoms with Crippen molar-refractivity contribution in [2.24, 2.45) is 0 Å². The molecule has 3 aromatic carbocycles. The summed E-state index contributed by atoms with van der Waals surface area (Å²) in [5.41, 5.74) is 11.7. The summed E-state index contributed by atoms with van der Waals surface area (Å²) in [5, 5.41) is 0. The van der Waals surface area contributed by atoms with Crippen molar-refractivity contribution in [3.05, 3.63) is 111 Å². The van der Waals surface area contributed by atoms with E-state index in [2.05, 4.69) is 96.1 Å². The van der Waals surface area contributed by atoms with Gasteiger partial charge in [-0.1, -0.05) is 88.0 Å². The summed E-state index contributed by atoms with van der Waals surface area (Å²) in [6, 6.07) is 20.5. The number of benzene rings is 3. The van der Waals surface area contributed by atoms with Gasteiger partial charge in [-0.15, -0.1) is 0 Å². The molecule has 0 heterocycles. The molecule has 0 bridgehead atoms. The Balaban J connectivity index is 2.27. The number of hydrogen-bond acceptors (Lipinski definition) is 0. The fraction of sp³-hybridized carbons (Fsp3) is 0.240. The van der Waals surface area contributed by atoms with Crippen molar-refractivity contribution >= 4 is 0 Å². The van der Waals surface area contributed by atoms with Gasteiger partial charge in [0.05, 0.1) is 5.92 Å². The Hall–Kier alpha value is -2.34. The molecule has 0 N–H and O–H groups in total. The lowest BCUT2D eigenvalue weighted by Crippen LogP contribution is -2.07. The summed E-state index contributed by atoms with van der Waals surface area (Å²) < 4.78 is 0. The summed E-state index contributed by atoms with van der Waals surface area (Å²) >= 11 is 0. The normalized spacial score (nSPS) is 11.2. The van der Waals surface area contributed by atoms with Crippen molar-refractivity contribution in [3.8, 4) is 0 Å². The van der Waals surface area contributed by atoms with Crippen LogP contribution >= 0.6 is 0 Å². The number of hydrogen-bond donors (Lipinski definition) is 0. The Morgan fingerprint density at radius 2 is 0.560 bits per heavy atom. The maximum Gasteiger partial charge on any atom is 0.0629 e. The lowest BCUT2D eigenvalue weighted by molar-refractivity contribution is 1.17. The molecular weight excluding hydrogens is 300 g/mol. The Kier molecular flexibility index (Phi) is 4.81. The van der Waals surface area contributed by atoms with Gasteiger partial charge in [0.2, 0.25) is 0 Å². The quantitative estimate of drug-likeness (QED) is 0.478. The molecule has 0 saturated heterocycles. The van der Waals surface area contributed by atoms with Gasteiger partial charge in [-0.2, -0.15) is 0 Å². The van der Waals surface area contributed by atoms with Gasteiger partial charge in [-0.05, 0) is 58.2 Å². The molecule has 0 saturated carbocycles. The SMILES string of the molecule is Cc1cc(C)cc([C](c2cc(C)cc(C)c2)c2cc(C)cc(C)c2)c1. The molecular formula is C25H27. The van der Waals surface area contributed by atoms with E-state index in [0.29, 0.717) is 0 Å². The first-order chi connectivity index (χ1) is 11.8. The van der Waals surface area contributed by atoms with Crippen LogP contribution in [0.2, 0.25) is 0 Å². The van der Waals surface area contributed by atoms with E-state index in [1.807, 2.05) is 0 Å². The van der Waals surface area contributed by atoms with Gasteiger partial charge in [0.1, 0.15) is 0 Å². The van der Waals surface area contributed by atoms with Crippen LogP contribution in [-0.2, 0) is 0 Å². The van der Waals surface area contributed by atoms with Crippen molar-refractivity contribution in [1.82, 2.24) is 0 Å². The molecule has 0 aliphatic carbocycles. The van der Waals surface area contributed by atoms with E-state index in [-0.39, 0.29) is 0 Å². The summed E-state index contributed by atoms with van der Waals surface area (Å²) in [5.74, 6) is 1.32. The average Bonchev–Trinajstić information content (AvgIpc) is 2.44. The maximum atomic E-state index is 2.30. The molecule has 25 heavy (non-hydrogen) atoms. The van der Waals surface area contributed by atoms with Crippen molar-refractivity contribution < 1.29 is 0 Å². The van der Waals surface area contributed by atoms with Crippen molar-refractivity contribution in [1.29, 1.82) is 0 Å². The molecule has 0 aromatic heterocycles. The Morgan fingerprint density at radius 1 is 0.360 bits per heavy atom. The molecule has 3 aromatic rings. The fourth-order valence-corrected chi connectivity index (χ4v) is 3.86. The molecule has 0 aliphatic rings. The molecule has 0 amide bonds. The molecule has 1 radical (unpaired) electrons. The first kappa shape index (κ1) is 17.5. The highest BCUT2D eigenvalue weighted by Crippen LogP contribution is 2.34. The monoisotopic (exact) mass is 327 g/mol. The van der Waals surface area contributed by atoms with E-state index in [4.69, 9.17) is 0 Å². The first-order valence-electron chi connectivity index (χ1n) is 8.95. The van der Waals surface area contributed by atoms with E-state index >= 15 is 0 Å². The third kappa shape index (κ3) is 4.02. The van der Waals surface area contributed by atoms with Crippen LogP contribution < -0.4 is 0 Å². The highest BCUT2D eigenvalue weighted by molar-refractivity contribution is 5.60. The van der Waals surface area contributed by atoms with Gasteiger partial charge in [0.15, 0.2) is 0 Å². The topological polar surface area (TPSA) is 0 Å². The first-order valence-corrected chi connectivity index (χ1v) is 8.95. The lowest BCUT2D eigenvalue weighted by Gasteiger charge is -2.21. The van der Waals surface area contributed by atoms with Crippen LogP contribution in [0.1, 0.15) is 50.1 Å². The molecule has 0 heteroatoms. The van der Waals surface area contributed by atoms with Gasteiger partial charge in [0, 0.05) is 0 Å². The third-order valence-electron chi connectivity index (χ3n) is 4.53. The standard InChI is InChI=1S/C25H27/c1-16-7-17(2)11-22(10-16)25(23-12-18(3)8-19(4)13-23)24-14-20(5)9-21(6)15-24/h7-15H,1-6H3. The average molecular weight is 327 g/mol. The lowest BCUT2D eigenvalue weighted by atomic mass is 9.82. The van der Waals surface area contributed by atoms with E-state index in [0.717, 1.165) is 0 Å². The van der Waals surface area contributed by atoms with Gasteiger partial charge in [-0.25, -0.2) is 0 Å². The molecule has 0 atom stereocenters. The summed E-state index contributed by atoms with van der Waals surface area (Å²) in [7, 11) is 0. The van der Waals surface area contributed by atoms with Crippen LogP contribution in [0.15, 0.2) is 54.6 Å². The van der Waals surface area contributed by atoms with E-state index in [1.54, 1.807) is 0 Å². The molecule has 0 unspecified atom stereocenters. The van der Waals surface area contributed by atoms with Gasteiger partial charge in [0.25, 0.3) is 0 Å². The Labute approximate surface area is 152 Å². The van der Waals surface area contributed by atoms with Crippen molar-refractivity contribution in [2.45, 2.75) is 41.5 Å². The van der Waals surface area contributed by atoms with Gasteiger partial charge in [-0.3, -0.25) is 0 Å². The third-order valence-corrected chi connectivity index (χ3v) is 4.53. The molecule has 0 nitrogen and oxygen atoms in total. The summed E-state index contributed by atoms with van der Waals surface area (Å²) in [6.07, 6.45) is 0. The maximum absolute atomic E-state index is 2.30. The minimum atomic E-state index is 1.30. The molecule has 0 spiro atoms. The summed E-state index contributed by atoms with van der Waals surface area (Å²) in [4.78, 5) is 0. The minimum absolute atomic E-state index is 1.30. The Morgan fingerprint density at radius 3 is 0.760 bits per heavy atom. The summed E-state index contributed by atoms with van der Waals surface area (Å²) in [6.45, 7) is 13.1. The number of aryl methyl sites for hydroxylation is 6. The van der Waals surface area contributed by atoms with Crippen LogP contribution in [0.5, 0.6) is 0 Å². The van der Waals surface area contributed by atoms with Crippen LogP contribution in [0.25, 0.3) is 0 Å². The zero-order chi connectivity index (χ0) is 18.1.